The van der Waals surface area contributed by atoms with Gasteiger partial charge in [0.15, 0.2) is 17.2 Å². The fourth-order valence-electron chi connectivity index (χ4n) is 3.91. The Kier molecular flexibility index (Phi) is 9.39. The number of unbranched alkanes of at least 4 members (excludes halogenated alkanes) is 5. The number of amides is 1. The Morgan fingerprint density at radius 3 is 2.56 bits per heavy atom. The Morgan fingerprint density at radius 2 is 1.81 bits per heavy atom. The number of rotatable bonds is 12. The zero-order valence-corrected chi connectivity index (χ0v) is 21.0. The first-order valence-electron chi connectivity index (χ1n) is 12.2. The Hall–Kier alpha value is -3.94. The number of ether oxygens (including phenoxy) is 2. The van der Waals surface area contributed by atoms with E-state index >= 15 is 0 Å². The number of fused-ring (bicyclic) bond motifs is 1. The summed E-state index contributed by atoms with van der Waals surface area (Å²) in [4.78, 5) is 25.3. The predicted molar refractivity (Wildman–Crippen MR) is 142 cm³/mol. The van der Waals surface area contributed by atoms with E-state index in [9.17, 15) is 19.8 Å². The maximum atomic E-state index is 12.8. The monoisotopic (exact) mass is 494 g/mol. The quantitative estimate of drug-likeness (QED) is 0.231. The molecule has 8 heteroatoms. The van der Waals surface area contributed by atoms with Crippen molar-refractivity contribution in [3.63, 3.8) is 0 Å². The van der Waals surface area contributed by atoms with Gasteiger partial charge in [-0.3, -0.25) is 9.59 Å². The van der Waals surface area contributed by atoms with Crippen molar-refractivity contribution in [3.8, 4) is 23.0 Å². The summed E-state index contributed by atoms with van der Waals surface area (Å²) in [5.74, 6) is -0.307. The van der Waals surface area contributed by atoms with Crippen LogP contribution in [0.4, 0.5) is 5.69 Å². The molecule has 0 fully saturated rings. The van der Waals surface area contributed by atoms with Gasteiger partial charge in [0, 0.05) is 24.2 Å². The van der Waals surface area contributed by atoms with Gasteiger partial charge in [0.25, 0.3) is 5.56 Å². The van der Waals surface area contributed by atoms with Crippen LogP contribution in [0.1, 0.15) is 51.0 Å². The molecule has 0 aliphatic heterocycles. The van der Waals surface area contributed by atoms with E-state index in [1.807, 2.05) is 0 Å². The van der Waals surface area contributed by atoms with Gasteiger partial charge >= 0.3 is 0 Å². The van der Waals surface area contributed by atoms with E-state index in [0.717, 1.165) is 19.3 Å². The molecule has 0 spiro atoms. The molecule has 192 valence electrons. The van der Waals surface area contributed by atoms with Crippen molar-refractivity contribution >= 4 is 28.6 Å². The smallest absolute Gasteiger partial charge is 0.297 e. The molecule has 1 heterocycles. The molecule has 0 atom stereocenters. The van der Waals surface area contributed by atoms with E-state index in [1.54, 1.807) is 43.5 Å². The lowest BCUT2D eigenvalue weighted by Crippen LogP contribution is -2.20. The Balaban J connectivity index is 1.70. The summed E-state index contributed by atoms with van der Waals surface area (Å²) in [5.41, 5.74) is 1.18. The van der Waals surface area contributed by atoms with Gasteiger partial charge in [-0.05, 0) is 48.4 Å². The second-order valence-electron chi connectivity index (χ2n) is 8.64. The highest BCUT2D eigenvalue weighted by Crippen LogP contribution is 2.33. The Morgan fingerprint density at radius 1 is 1.06 bits per heavy atom. The zero-order valence-electron chi connectivity index (χ0n) is 21.0. The average Bonchev–Trinajstić information content (AvgIpc) is 2.88. The number of pyridine rings is 1. The van der Waals surface area contributed by atoms with Crippen molar-refractivity contribution in [3.05, 3.63) is 58.4 Å². The summed E-state index contributed by atoms with van der Waals surface area (Å²) in [6, 6.07) is 9.68. The summed E-state index contributed by atoms with van der Waals surface area (Å²) in [6.07, 6.45) is 9.52. The summed E-state index contributed by atoms with van der Waals surface area (Å²) in [5, 5.41) is 23.6. The van der Waals surface area contributed by atoms with E-state index in [1.165, 1.54) is 43.1 Å². The molecule has 0 saturated carbocycles. The largest absolute Gasteiger partial charge is 0.504 e. The highest BCUT2D eigenvalue weighted by atomic mass is 16.5. The minimum atomic E-state index is -0.435. The summed E-state index contributed by atoms with van der Waals surface area (Å²) >= 11 is 0. The number of methoxy groups -OCH3 is 1. The molecule has 1 amide bonds. The number of benzene rings is 2. The van der Waals surface area contributed by atoms with Crippen LogP contribution >= 0.6 is 0 Å². The molecule has 0 unspecified atom stereocenters. The molecule has 3 N–H and O–H groups in total. The van der Waals surface area contributed by atoms with Crippen molar-refractivity contribution in [2.45, 2.75) is 45.4 Å². The van der Waals surface area contributed by atoms with Crippen molar-refractivity contribution in [1.29, 1.82) is 0 Å². The molecular formula is C28H34N2O6. The molecule has 3 rings (SSSR count). The maximum absolute atomic E-state index is 12.8. The van der Waals surface area contributed by atoms with Crippen LogP contribution in [0.5, 0.6) is 23.0 Å². The van der Waals surface area contributed by atoms with Crippen LogP contribution in [0.25, 0.3) is 17.0 Å². The SMILES string of the molecule is CCCCCCCCOc1c(O)c2ccc(NC(=O)/C=C/c3ccc(O)c(OC)c3)cc2n(C)c1=O. The van der Waals surface area contributed by atoms with Gasteiger partial charge in [-0.15, -0.1) is 0 Å². The molecule has 2 aromatic carbocycles. The number of aryl methyl sites for hydroxylation is 1. The standard InChI is InChI=1S/C28H34N2O6/c1-4-5-6-7-8-9-16-36-27-26(33)21-13-12-20(18-22(21)30(2)28(27)34)29-25(32)15-11-19-10-14-23(31)24(17-19)35-3/h10-15,17-18,31,33H,4-9,16H2,1-3H3,(H,29,32)/b15-11+. The lowest BCUT2D eigenvalue weighted by atomic mass is 10.1. The van der Waals surface area contributed by atoms with E-state index < -0.39 is 5.56 Å². The molecule has 0 bridgehead atoms. The van der Waals surface area contributed by atoms with Crippen molar-refractivity contribution in [2.24, 2.45) is 7.05 Å². The van der Waals surface area contributed by atoms with Gasteiger partial charge in [0.1, 0.15) is 0 Å². The Labute approximate surface area is 210 Å². The number of nitrogens with one attached hydrogen (secondary N) is 1. The van der Waals surface area contributed by atoms with Crippen LogP contribution in [0.15, 0.2) is 47.3 Å². The van der Waals surface area contributed by atoms with E-state index in [-0.39, 0.29) is 23.2 Å². The number of hydrogen-bond acceptors (Lipinski definition) is 6. The number of phenolic OH excluding ortho intramolecular Hbond substituents is 1. The third-order valence-corrected chi connectivity index (χ3v) is 5.97. The second-order valence-corrected chi connectivity index (χ2v) is 8.64. The number of anilines is 1. The van der Waals surface area contributed by atoms with Crippen LogP contribution in [0.2, 0.25) is 0 Å². The number of hydrogen-bond donors (Lipinski definition) is 3. The van der Waals surface area contributed by atoms with Crippen LogP contribution in [-0.2, 0) is 11.8 Å². The highest BCUT2D eigenvalue weighted by molar-refractivity contribution is 6.03. The number of carbonyl (C=O) groups is 1. The van der Waals surface area contributed by atoms with E-state index in [4.69, 9.17) is 9.47 Å². The molecule has 0 aliphatic carbocycles. The van der Waals surface area contributed by atoms with Gasteiger partial charge in [0.2, 0.25) is 11.7 Å². The van der Waals surface area contributed by atoms with Gasteiger partial charge in [0.05, 0.1) is 19.2 Å². The third kappa shape index (κ3) is 6.59. The summed E-state index contributed by atoms with van der Waals surface area (Å²) in [6.45, 7) is 2.54. The summed E-state index contributed by atoms with van der Waals surface area (Å²) < 4.78 is 12.1. The highest BCUT2D eigenvalue weighted by Gasteiger charge is 2.16. The first-order chi connectivity index (χ1) is 17.3. The number of phenols is 1. The topological polar surface area (TPSA) is 110 Å². The van der Waals surface area contributed by atoms with Crippen molar-refractivity contribution < 1.29 is 24.5 Å². The molecule has 8 nitrogen and oxygen atoms in total. The number of nitrogens with zero attached hydrogens (tertiary/aromatic N) is 1. The van der Waals surface area contributed by atoms with Gasteiger partial charge < -0.3 is 29.6 Å². The molecule has 36 heavy (non-hydrogen) atoms. The molecule has 3 aromatic rings. The number of aromatic hydroxyl groups is 2. The van der Waals surface area contributed by atoms with Gasteiger partial charge in [-0.1, -0.05) is 45.1 Å². The maximum Gasteiger partial charge on any atom is 0.297 e. The lowest BCUT2D eigenvalue weighted by Gasteiger charge is -2.14. The van der Waals surface area contributed by atoms with E-state index in [0.29, 0.717) is 34.5 Å². The first-order valence-corrected chi connectivity index (χ1v) is 12.2. The molecule has 0 aliphatic rings. The minimum absolute atomic E-state index is 0.0140. The average molecular weight is 495 g/mol. The second kappa shape index (κ2) is 12.7. The Bertz CT molecular complexity index is 1300. The molecular weight excluding hydrogens is 460 g/mol. The molecule has 1 aromatic heterocycles. The number of aromatic nitrogens is 1. The van der Waals surface area contributed by atoms with Crippen LogP contribution < -0.4 is 20.3 Å². The van der Waals surface area contributed by atoms with Crippen molar-refractivity contribution in [1.82, 2.24) is 4.57 Å². The van der Waals surface area contributed by atoms with Crippen LogP contribution in [0.3, 0.4) is 0 Å². The minimum Gasteiger partial charge on any atom is -0.504 e. The first kappa shape index (κ1) is 26.7. The summed E-state index contributed by atoms with van der Waals surface area (Å²) in [7, 11) is 3.05. The van der Waals surface area contributed by atoms with E-state index in [2.05, 4.69) is 12.2 Å². The normalized spacial score (nSPS) is 11.2. The lowest BCUT2D eigenvalue weighted by molar-refractivity contribution is -0.111. The van der Waals surface area contributed by atoms with Crippen LogP contribution in [0, 0.1) is 0 Å². The van der Waals surface area contributed by atoms with Gasteiger partial charge in [-0.2, -0.15) is 0 Å². The van der Waals surface area contributed by atoms with Crippen LogP contribution in [-0.4, -0.2) is 34.4 Å². The zero-order chi connectivity index (χ0) is 26.1. The third-order valence-electron chi connectivity index (χ3n) is 5.97. The fourth-order valence-corrected chi connectivity index (χ4v) is 3.91. The number of carbonyl (C=O) groups excluding carboxylic acids is 1. The van der Waals surface area contributed by atoms with Crippen molar-refractivity contribution in [2.75, 3.05) is 19.0 Å². The predicted octanol–water partition coefficient (Wildman–Crippen LogP) is 5.35. The molecule has 0 radical (unpaired) electrons. The van der Waals surface area contributed by atoms with Gasteiger partial charge in [-0.25, -0.2) is 0 Å². The fraction of sp³-hybridized carbons (Fsp3) is 0.357. The molecule has 0 saturated heterocycles.